The lowest BCUT2D eigenvalue weighted by Crippen LogP contribution is -2.04. The molecule has 3 heteroatoms. The lowest BCUT2D eigenvalue weighted by Gasteiger charge is -2.06. The van der Waals surface area contributed by atoms with Crippen molar-refractivity contribution >= 4 is 17.2 Å². The van der Waals surface area contributed by atoms with Crippen LogP contribution in [0, 0.1) is 13.8 Å². The molecule has 2 rings (SSSR count). The maximum absolute atomic E-state index is 5.86. The van der Waals surface area contributed by atoms with E-state index in [1.807, 2.05) is 29.8 Å². The average Bonchev–Trinajstić information content (AvgIpc) is 2.65. The molecule has 0 spiro atoms. The molecule has 2 nitrogen and oxygen atoms in total. The number of rotatable bonds is 4. The highest BCUT2D eigenvalue weighted by Gasteiger charge is 2.13. The highest BCUT2D eigenvalue weighted by molar-refractivity contribution is 6.23. The normalized spacial score (nSPS) is 10.6. The molecule has 0 aliphatic rings. The quantitative estimate of drug-likeness (QED) is 0.765. The molecule has 0 bridgehead atoms. The van der Waals surface area contributed by atoms with Crippen LogP contribution < -0.4 is 0 Å². The molecule has 1 heterocycles. The monoisotopic (exact) mass is 260 g/mol. The summed E-state index contributed by atoms with van der Waals surface area (Å²) in [7, 11) is 0. The van der Waals surface area contributed by atoms with E-state index in [0.717, 1.165) is 29.1 Å². The van der Waals surface area contributed by atoms with Crippen molar-refractivity contribution in [3.63, 3.8) is 0 Å². The van der Waals surface area contributed by atoms with Crippen LogP contribution in [0.25, 0.3) is 5.57 Å². The van der Waals surface area contributed by atoms with Crippen molar-refractivity contribution in [1.29, 1.82) is 0 Å². The number of alkyl halides is 1. The lowest BCUT2D eigenvalue weighted by atomic mass is 10.1. The van der Waals surface area contributed by atoms with Gasteiger partial charge in [-0.2, -0.15) is 5.10 Å². The number of aromatic nitrogens is 2. The first-order valence-corrected chi connectivity index (χ1v) is 6.49. The van der Waals surface area contributed by atoms with Gasteiger partial charge in [-0.05, 0) is 25.0 Å². The smallest absolute Gasteiger partial charge is 0.0672 e. The van der Waals surface area contributed by atoms with Crippen molar-refractivity contribution in [3.8, 4) is 0 Å². The Morgan fingerprint density at radius 3 is 2.56 bits per heavy atom. The fourth-order valence-corrected chi connectivity index (χ4v) is 2.32. The van der Waals surface area contributed by atoms with Gasteiger partial charge in [-0.1, -0.05) is 36.9 Å². The number of hydrogen-bond acceptors (Lipinski definition) is 1. The first-order chi connectivity index (χ1) is 8.63. The van der Waals surface area contributed by atoms with Gasteiger partial charge in [0.05, 0.1) is 12.2 Å². The van der Waals surface area contributed by atoms with Crippen molar-refractivity contribution in [1.82, 2.24) is 9.78 Å². The summed E-state index contributed by atoms with van der Waals surface area (Å²) in [6, 6.07) is 10.3. The first-order valence-electron chi connectivity index (χ1n) is 5.95. The Balaban J connectivity index is 2.33. The fraction of sp³-hybridized carbons (Fsp3) is 0.267. The van der Waals surface area contributed by atoms with Gasteiger partial charge in [0.2, 0.25) is 0 Å². The zero-order valence-corrected chi connectivity index (χ0v) is 11.5. The summed E-state index contributed by atoms with van der Waals surface area (Å²) in [4.78, 5) is 0. The van der Waals surface area contributed by atoms with Crippen LogP contribution in [0.1, 0.15) is 22.5 Å². The van der Waals surface area contributed by atoms with Crippen LogP contribution in [0.4, 0.5) is 0 Å². The van der Waals surface area contributed by atoms with Gasteiger partial charge >= 0.3 is 0 Å². The maximum atomic E-state index is 5.86. The van der Waals surface area contributed by atoms with Crippen LogP contribution in [0.2, 0.25) is 0 Å². The second-order valence-electron chi connectivity index (χ2n) is 4.43. The van der Waals surface area contributed by atoms with E-state index in [4.69, 9.17) is 11.6 Å². The van der Waals surface area contributed by atoms with Crippen molar-refractivity contribution < 1.29 is 0 Å². The van der Waals surface area contributed by atoms with E-state index < -0.39 is 0 Å². The van der Waals surface area contributed by atoms with Crippen molar-refractivity contribution in [2.45, 2.75) is 20.4 Å². The molecular weight excluding hydrogens is 244 g/mol. The molecule has 0 saturated carbocycles. The van der Waals surface area contributed by atoms with Gasteiger partial charge in [0.1, 0.15) is 0 Å². The zero-order chi connectivity index (χ0) is 13.1. The van der Waals surface area contributed by atoms with Crippen molar-refractivity contribution in [3.05, 3.63) is 59.4 Å². The fourth-order valence-electron chi connectivity index (χ4n) is 2.19. The van der Waals surface area contributed by atoms with E-state index in [-0.39, 0.29) is 0 Å². The van der Waals surface area contributed by atoms with Crippen LogP contribution in [0.15, 0.2) is 36.9 Å². The molecule has 0 N–H and O–H groups in total. The van der Waals surface area contributed by atoms with Crippen LogP contribution in [0.3, 0.4) is 0 Å². The SMILES string of the molecule is C=C(CCl)c1c(C)nn(Cc2ccccc2)c1C. The number of aryl methyl sites for hydroxylation is 1. The summed E-state index contributed by atoms with van der Waals surface area (Å²) in [6.45, 7) is 8.85. The summed E-state index contributed by atoms with van der Waals surface area (Å²) in [5.41, 5.74) is 5.40. The van der Waals surface area contributed by atoms with Gasteiger partial charge < -0.3 is 0 Å². The van der Waals surface area contributed by atoms with E-state index >= 15 is 0 Å². The minimum Gasteiger partial charge on any atom is -0.265 e. The Morgan fingerprint density at radius 1 is 1.28 bits per heavy atom. The summed E-state index contributed by atoms with van der Waals surface area (Å²) >= 11 is 5.86. The standard InChI is InChI=1S/C15H17ClN2/c1-11(9-16)15-12(2)17-18(13(15)3)10-14-7-5-4-6-8-14/h4-8H,1,9-10H2,2-3H3. The van der Waals surface area contributed by atoms with Gasteiger partial charge in [0.25, 0.3) is 0 Å². The third kappa shape index (κ3) is 2.49. The number of hydrogen-bond donors (Lipinski definition) is 0. The highest BCUT2D eigenvalue weighted by atomic mass is 35.5. The van der Waals surface area contributed by atoms with Crippen LogP contribution >= 0.6 is 11.6 Å². The summed E-state index contributed by atoms with van der Waals surface area (Å²) < 4.78 is 2.01. The third-order valence-corrected chi connectivity index (χ3v) is 3.39. The van der Waals surface area contributed by atoms with Crippen LogP contribution in [-0.2, 0) is 6.54 Å². The molecule has 1 aromatic heterocycles. The summed E-state index contributed by atoms with van der Waals surface area (Å²) in [5, 5.41) is 4.57. The number of allylic oxidation sites excluding steroid dienone is 1. The predicted molar refractivity (Wildman–Crippen MR) is 77.0 cm³/mol. The molecule has 1 aromatic carbocycles. The Labute approximate surface area is 113 Å². The third-order valence-electron chi connectivity index (χ3n) is 3.07. The molecule has 0 aliphatic carbocycles. The average molecular weight is 261 g/mol. The number of benzene rings is 1. The topological polar surface area (TPSA) is 17.8 Å². The van der Waals surface area contributed by atoms with Gasteiger partial charge in [0.15, 0.2) is 0 Å². The summed E-state index contributed by atoms with van der Waals surface area (Å²) in [5.74, 6) is 0.443. The number of halogens is 1. The molecule has 0 radical (unpaired) electrons. The second kappa shape index (κ2) is 5.40. The van der Waals surface area contributed by atoms with Crippen molar-refractivity contribution in [2.75, 3.05) is 5.88 Å². The lowest BCUT2D eigenvalue weighted by molar-refractivity contribution is 0.659. The highest BCUT2D eigenvalue weighted by Crippen LogP contribution is 2.22. The van der Waals surface area contributed by atoms with E-state index in [1.54, 1.807) is 0 Å². The molecule has 2 aromatic rings. The first kappa shape index (κ1) is 12.9. The van der Waals surface area contributed by atoms with Gasteiger partial charge in [-0.3, -0.25) is 4.68 Å². The molecule has 0 amide bonds. The molecule has 0 aliphatic heterocycles. The van der Waals surface area contributed by atoms with E-state index in [9.17, 15) is 0 Å². The van der Waals surface area contributed by atoms with E-state index in [0.29, 0.717) is 5.88 Å². The Morgan fingerprint density at radius 2 is 1.94 bits per heavy atom. The molecule has 94 valence electrons. The second-order valence-corrected chi connectivity index (χ2v) is 4.69. The predicted octanol–water partition coefficient (Wildman–Crippen LogP) is 3.80. The molecule has 0 unspecified atom stereocenters. The van der Waals surface area contributed by atoms with Gasteiger partial charge in [-0.15, -0.1) is 11.6 Å². The minimum absolute atomic E-state index is 0.443. The molecular formula is C15H17ClN2. The largest absolute Gasteiger partial charge is 0.265 e. The zero-order valence-electron chi connectivity index (χ0n) is 10.8. The minimum atomic E-state index is 0.443. The van der Waals surface area contributed by atoms with Crippen LogP contribution in [-0.4, -0.2) is 15.7 Å². The van der Waals surface area contributed by atoms with Gasteiger partial charge in [-0.25, -0.2) is 0 Å². The number of nitrogens with zero attached hydrogens (tertiary/aromatic N) is 2. The molecule has 0 saturated heterocycles. The molecule has 18 heavy (non-hydrogen) atoms. The van der Waals surface area contributed by atoms with E-state index in [2.05, 4.69) is 30.7 Å². The molecule has 0 atom stereocenters. The van der Waals surface area contributed by atoms with Crippen molar-refractivity contribution in [2.24, 2.45) is 0 Å². The Hall–Kier alpha value is -1.54. The van der Waals surface area contributed by atoms with Crippen LogP contribution in [0.5, 0.6) is 0 Å². The summed E-state index contributed by atoms with van der Waals surface area (Å²) in [6.07, 6.45) is 0. The van der Waals surface area contributed by atoms with Gasteiger partial charge in [0, 0.05) is 17.1 Å². The Bertz CT molecular complexity index is 555. The van der Waals surface area contributed by atoms with E-state index in [1.165, 1.54) is 5.56 Å². The Kier molecular flexibility index (Phi) is 3.87. The molecule has 0 fully saturated rings. The maximum Gasteiger partial charge on any atom is 0.0672 e.